The number of aromatic amines is 1. The van der Waals surface area contributed by atoms with Crippen LogP contribution in [-0.2, 0) is 0 Å². The summed E-state index contributed by atoms with van der Waals surface area (Å²) < 4.78 is 2.96. The standard InChI is InChI=1S/C10H9ClIN3O/c1-5(15-12)9-10(16)14-7-3-2-6(11)4-8(7)13-9/h2-5,15H,1H3,(H,14,16). The number of nitrogens with one attached hydrogen (secondary N) is 2. The number of halogens is 2. The van der Waals surface area contributed by atoms with Crippen LogP contribution in [0.15, 0.2) is 23.0 Å². The molecule has 0 aliphatic heterocycles. The summed E-state index contributed by atoms with van der Waals surface area (Å²) in [4.78, 5) is 18.8. The van der Waals surface area contributed by atoms with Gasteiger partial charge in [-0.3, -0.25) is 8.32 Å². The summed E-state index contributed by atoms with van der Waals surface area (Å²) in [7, 11) is 0. The average Bonchev–Trinajstić information content (AvgIpc) is 2.28. The molecule has 1 heterocycles. The second-order valence-electron chi connectivity index (χ2n) is 3.44. The van der Waals surface area contributed by atoms with Crippen LogP contribution in [0.1, 0.15) is 18.7 Å². The van der Waals surface area contributed by atoms with Crippen LogP contribution in [0.4, 0.5) is 0 Å². The van der Waals surface area contributed by atoms with Crippen LogP contribution < -0.4 is 9.09 Å². The molecule has 2 rings (SSSR count). The second kappa shape index (κ2) is 4.68. The Morgan fingerprint density at radius 1 is 1.56 bits per heavy atom. The summed E-state index contributed by atoms with van der Waals surface area (Å²) in [6.45, 7) is 1.88. The van der Waals surface area contributed by atoms with Crippen LogP contribution in [0.5, 0.6) is 0 Å². The van der Waals surface area contributed by atoms with E-state index in [2.05, 4.69) is 13.5 Å². The Labute approximate surface area is 111 Å². The predicted molar refractivity (Wildman–Crippen MR) is 72.9 cm³/mol. The summed E-state index contributed by atoms with van der Waals surface area (Å²) in [6.07, 6.45) is 0. The SMILES string of the molecule is CC(NI)c1nc2cc(Cl)ccc2[nH]c1=O. The number of hydrogen-bond donors (Lipinski definition) is 2. The molecule has 1 atom stereocenters. The number of benzene rings is 1. The van der Waals surface area contributed by atoms with E-state index in [9.17, 15) is 4.79 Å². The minimum Gasteiger partial charge on any atom is -0.319 e. The highest BCUT2D eigenvalue weighted by Crippen LogP contribution is 2.16. The molecule has 1 unspecified atom stereocenters. The number of hydrogen-bond acceptors (Lipinski definition) is 3. The summed E-state index contributed by atoms with van der Waals surface area (Å²) >= 11 is 7.87. The van der Waals surface area contributed by atoms with E-state index in [4.69, 9.17) is 11.6 Å². The molecule has 1 aromatic carbocycles. The van der Waals surface area contributed by atoms with Gasteiger partial charge in [0.25, 0.3) is 5.56 Å². The Hall–Kier alpha value is -0.660. The highest BCUT2D eigenvalue weighted by Gasteiger charge is 2.11. The van der Waals surface area contributed by atoms with Crippen LogP contribution in [0.2, 0.25) is 5.02 Å². The molecule has 0 saturated carbocycles. The van der Waals surface area contributed by atoms with Gasteiger partial charge in [0.2, 0.25) is 0 Å². The Morgan fingerprint density at radius 2 is 2.31 bits per heavy atom. The monoisotopic (exact) mass is 349 g/mol. The Kier molecular flexibility index (Phi) is 3.46. The number of H-pyrrole nitrogens is 1. The fourth-order valence-electron chi connectivity index (χ4n) is 1.42. The molecule has 0 spiro atoms. The molecule has 2 aromatic rings. The van der Waals surface area contributed by atoms with E-state index in [-0.39, 0.29) is 11.6 Å². The van der Waals surface area contributed by atoms with Crippen LogP contribution in [0.3, 0.4) is 0 Å². The van der Waals surface area contributed by atoms with Gasteiger partial charge < -0.3 is 4.98 Å². The van der Waals surface area contributed by atoms with Crippen molar-refractivity contribution in [1.82, 2.24) is 13.5 Å². The van der Waals surface area contributed by atoms with Crippen LogP contribution in [-0.4, -0.2) is 9.97 Å². The maximum absolute atomic E-state index is 11.7. The Balaban J connectivity index is 2.69. The quantitative estimate of drug-likeness (QED) is 0.647. The highest BCUT2D eigenvalue weighted by molar-refractivity contribution is 14.1. The Morgan fingerprint density at radius 3 is 3.00 bits per heavy atom. The lowest BCUT2D eigenvalue weighted by Gasteiger charge is -2.08. The van der Waals surface area contributed by atoms with Crippen molar-refractivity contribution < 1.29 is 0 Å². The zero-order valence-corrected chi connectivity index (χ0v) is 11.3. The first kappa shape index (κ1) is 11.8. The molecule has 0 aliphatic carbocycles. The molecular formula is C10H9ClIN3O. The minimum absolute atomic E-state index is 0.104. The van der Waals surface area contributed by atoms with Crippen molar-refractivity contribution in [2.24, 2.45) is 0 Å². The fraction of sp³-hybridized carbons (Fsp3) is 0.200. The van der Waals surface area contributed by atoms with Gasteiger partial charge in [0, 0.05) is 27.9 Å². The van der Waals surface area contributed by atoms with Gasteiger partial charge in [-0.1, -0.05) is 11.6 Å². The van der Waals surface area contributed by atoms with Crippen molar-refractivity contribution in [2.75, 3.05) is 0 Å². The van der Waals surface area contributed by atoms with Gasteiger partial charge in [0.05, 0.1) is 17.1 Å². The molecule has 6 heteroatoms. The Bertz CT molecular complexity index is 584. The third-order valence-electron chi connectivity index (χ3n) is 2.26. The lowest BCUT2D eigenvalue weighted by Crippen LogP contribution is -2.21. The van der Waals surface area contributed by atoms with Crippen molar-refractivity contribution in [2.45, 2.75) is 13.0 Å². The first-order valence-corrected chi connectivity index (χ1v) is 6.13. The average molecular weight is 350 g/mol. The van der Waals surface area contributed by atoms with E-state index in [1.165, 1.54) is 0 Å². The van der Waals surface area contributed by atoms with Crippen molar-refractivity contribution >= 4 is 45.5 Å². The van der Waals surface area contributed by atoms with Gasteiger partial charge in [0.1, 0.15) is 5.69 Å². The zero-order valence-electron chi connectivity index (χ0n) is 8.42. The predicted octanol–water partition coefficient (Wildman–Crippen LogP) is 2.58. The summed E-state index contributed by atoms with van der Waals surface area (Å²) in [5.74, 6) is 0. The van der Waals surface area contributed by atoms with Crippen LogP contribution >= 0.6 is 34.5 Å². The third kappa shape index (κ3) is 2.21. The van der Waals surface area contributed by atoms with Crippen LogP contribution in [0.25, 0.3) is 11.0 Å². The number of nitrogens with zero attached hydrogens (tertiary/aromatic N) is 1. The molecule has 0 amide bonds. The van der Waals surface area contributed by atoms with Gasteiger partial charge in [-0.15, -0.1) is 0 Å². The van der Waals surface area contributed by atoms with Gasteiger partial charge in [0.15, 0.2) is 0 Å². The van der Waals surface area contributed by atoms with Crippen molar-refractivity contribution in [3.05, 3.63) is 39.3 Å². The van der Waals surface area contributed by atoms with Crippen molar-refractivity contribution in [3.8, 4) is 0 Å². The number of aromatic nitrogens is 2. The van der Waals surface area contributed by atoms with Gasteiger partial charge in [-0.2, -0.15) is 0 Å². The van der Waals surface area contributed by atoms with E-state index < -0.39 is 0 Å². The molecular weight excluding hydrogens is 340 g/mol. The van der Waals surface area contributed by atoms with E-state index in [0.717, 1.165) is 0 Å². The third-order valence-corrected chi connectivity index (χ3v) is 3.42. The van der Waals surface area contributed by atoms with E-state index in [1.807, 2.05) is 29.8 Å². The molecule has 16 heavy (non-hydrogen) atoms. The molecule has 4 nitrogen and oxygen atoms in total. The molecule has 1 aromatic heterocycles. The lowest BCUT2D eigenvalue weighted by molar-refractivity contribution is 0.735. The number of fused-ring (bicyclic) bond motifs is 1. The topological polar surface area (TPSA) is 57.8 Å². The molecule has 0 aliphatic rings. The first-order chi connectivity index (χ1) is 7.61. The maximum atomic E-state index is 11.7. The minimum atomic E-state index is -0.175. The largest absolute Gasteiger partial charge is 0.319 e. The van der Waals surface area contributed by atoms with Crippen molar-refractivity contribution in [1.29, 1.82) is 0 Å². The summed E-state index contributed by atoms with van der Waals surface area (Å²) in [5.41, 5.74) is 1.68. The molecule has 84 valence electrons. The fourth-order valence-corrected chi connectivity index (χ4v) is 1.88. The van der Waals surface area contributed by atoms with Gasteiger partial charge in [-0.25, -0.2) is 4.98 Å². The molecule has 2 N–H and O–H groups in total. The summed E-state index contributed by atoms with van der Waals surface area (Å²) in [5, 5.41) is 0.605. The van der Waals surface area contributed by atoms with Crippen LogP contribution in [0, 0.1) is 0 Å². The lowest BCUT2D eigenvalue weighted by atomic mass is 10.2. The smallest absolute Gasteiger partial charge is 0.271 e. The second-order valence-corrected chi connectivity index (χ2v) is 4.50. The van der Waals surface area contributed by atoms with Crippen molar-refractivity contribution in [3.63, 3.8) is 0 Å². The zero-order chi connectivity index (χ0) is 11.7. The number of rotatable bonds is 2. The van der Waals surface area contributed by atoms with Gasteiger partial charge in [-0.05, 0) is 25.1 Å². The molecule has 0 radical (unpaired) electrons. The van der Waals surface area contributed by atoms with E-state index >= 15 is 0 Å². The van der Waals surface area contributed by atoms with Gasteiger partial charge >= 0.3 is 0 Å². The summed E-state index contributed by atoms with van der Waals surface area (Å²) in [6, 6.07) is 5.10. The molecule has 0 fully saturated rings. The molecule has 0 saturated heterocycles. The normalized spacial score (nSPS) is 12.9. The first-order valence-electron chi connectivity index (χ1n) is 4.67. The van der Waals surface area contributed by atoms with E-state index in [1.54, 1.807) is 18.2 Å². The highest BCUT2D eigenvalue weighted by atomic mass is 127. The maximum Gasteiger partial charge on any atom is 0.271 e. The molecule has 0 bridgehead atoms. The van der Waals surface area contributed by atoms with E-state index in [0.29, 0.717) is 21.7 Å².